The number of benzene rings is 1. The normalized spacial score (nSPS) is 21.7. The maximum Gasteiger partial charge on any atom is 0.238 e. The second-order valence-corrected chi connectivity index (χ2v) is 8.80. The Morgan fingerprint density at radius 2 is 2.10 bits per heavy atom. The highest BCUT2D eigenvalue weighted by Gasteiger charge is 2.25. The first-order valence-corrected chi connectivity index (χ1v) is 9.76. The Bertz CT molecular complexity index is 728. The molecule has 1 unspecified atom stereocenters. The summed E-state index contributed by atoms with van der Waals surface area (Å²) in [6.45, 7) is 0. The van der Waals surface area contributed by atoms with Gasteiger partial charge >= 0.3 is 0 Å². The molecule has 7 nitrogen and oxygen atoms in total. The van der Waals surface area contributed by atoms with Crippen LogP contribution in [-0.2, 0) is 19.9 Å². The molecule has 0 radical (unpaired) electrons. The van der Waals surface area contributed by atoms with Gasteiger partial charge in [0.05, 0.1) is 29.2 Å². The number of primary sulfonamides is 1. The first-order chi connectivity index (χ1) is 9.71. The number of hydrogen-bond donors (Lipinski definition) is 2. The van der Waals surface area contributed by atoms with Crippen molar-refractivity contribution >= 4 is 25.5 Å². The Morgan fingerprint density at radius 3 is 2.67 bits per heavy atom. The molecule has 2 rings (SSSR count). The molecule has 118 valence electrons. The van der Waals surface area contributed by atoms with Gasteiger partial charge in [0.25, 0.3) is 0 Å². The van der Waals surface area contributed by atoms with Crippen LogP contribution in [0.5, 0.6) is 5.75 Å². The average Bonchev–Trinajstić information content (AvgIpc) is 2.36. The summed E-state index contributed by atoms with van der Waals surface area (Å²) < 4.78 is 51.2. The topological polar surface area (TPSA) is 116 Å². The molecule has 3 N–H and O–H groups in total. The summed E-state index contributed by atoms with van der Waals surface area (Å²) in [5, 5.41) is 8.15. The largest absolute Gasteiger partial charge is 0.495 e. The lowest BCUT2D eigenvalue weighted by Crippen LogP contribution is -2.35. The predicted octanol–water partition coefficient (Wildman–Crippen LogP) is 0.332. The maximum atomic E-state index is 11.6. The number of sulfone groups is 1. The van der Waals surface area contributed by atoms with Crippen LogP contribution in [0.3, 0.4) is 0 Å². The first-order valence-electron chi connectivity index (χ1n) is 6.39. The van der Waals surface area contributed by atoms with Gasteiger partial charge in [0.15, 0.2) is 9.84 Å². The Hall–Kier alpha value is -1.32. The van der Waals surface area contributed by atoms with Gasteiger partial charge in [-0.1, -0.05) is 0 Å². The molecule has 0 saturated carbocycles. The monoisotopic (exact) mass is 334 g/mol. The summed E-state index contributed by atoms with van der Waals surface area (Å²) in [6.07, 6.45) is 1.28. The summed E-state index contributed by atoms with van der Waals surface area (Å²) in [5.74, 6) is 0.653. The van der Waals surface area contributed by atoms with Gasteiger partial charge in [0.1, 0.15) is 5.75 Å². The highest BCUT2D eigenvalue weighted by Crippen LogP contribution is 2.29. The summed E-state index contributed by atoms with van der Waals surface area (Å²) in [6, 6.07) is 3.92. The van der Waals surface area contributed by atoms with Crippen molar-refractivity contribution in [2.75, 3.05) is 23.9 Å². The minimum absolute atomic E-state index is 0.0236. The molecule has 0 spiro atoms. The van der Waals surface area contributed by atoms with Gasteiger partial charge in [-0.25, -0.2) is 22.0 Å². The Balaban J connectivity index is 2.29. The van der Waals surface area contributed by atoms with Crippen molar-refractivity contribution in [3.05, 3.63) is 18.2 Å². The smallest absolute Gasteiger partial charge is 0.238 e. The first kappa shape index (κ1) is 16.1. The third kappa shape index (κ3) is 4.08. The zero-order chi connectivity index (χ0) is 15.7. The number of methoxy groups -OCH3 is 1. The van der Waals surface area contributed by atoms with Crippen molar-refractivity contribution in [3.63, 3.8) is 0 Å². The summed E-state index contributed by atoms with van der Waals surface area (Å²) in [7, 11) is -5.43. The Kier molecular flexibility index (Phi) is 4.45. The molecule has 1 atom stereocenters. The molecule has 1 saturated heterocycles. The molecule has 0 bridgehead atoms. The van der Waals surface area contributed by atoms with E-state index in [2.05, 4.69) is 5.32 Å². The van der Waals surface area contributed by atoms with Crippen LogP contribution in [0.15, 0.2) is 23.1 Å². The number of ether oxygens (including phenoxy) is 1. The van der Waals surface area contributed by atoms with Gasteiger partial charge in [0, 0.05) is 6.04 Å². The van der Waals surface area contributed by atoms with Crippen molar-refractivity contribution in [1.82, 2.24) is 0 Å². The molecule has 9 heteroatoms. The molecular formula is C12H18N2O5S2. The van der Waals surface area contributed by atoms with Crippen molar-refractivity contribution in [2.24, 2.45) is 5.14 Å². The highest BCUT2D eigenvalue weighted by molar-refractivity contribution is 7.91. The molecule has 21 heavy (non-hydrogen) atoms. The quantitative estimate of drug-likeness (QED) is 0.820. The zero-order valence-electron chi connectivity index (χ0n) is 11.6. The molecule has 1 fully saturated rings. The highest BCUT2D eigenvalue weighted by atomic mass is 32.2. The molecule has 1 aromatic rings. The number of anilines is 1. The van der Waals surface area contributed by atoms with Crippen LogP contribution in [0.2, 0.25) is 0 Å². The average molecular weight is 334 g/mol. The number of hydrogen-bond acceptors (Lipinski definition) is 6. The van der Waals surface area contributed by atoms with Gasteiger partial charge in [-0.2, -0.15) is 0 Å². The second-order valence-electron chi connectivity index (χ2n) is 5.00. The van der Waals surface area contributed by atoms with Gasteiger partial charge in [-0.15, -0.1) is 0 Å². The van der Waals surface area contributed by atoms with E-state index >= 15 is 0 Å². The zero-order valence-corrected chi connectivity index (χ0v) is 13.2. The fourth-order valence-electron chi connectivity index (χ4n) is 2.33. The van der Waals surface area contributed by atoms with E-state index in [1.165, 1.54) is 25.3 Å². The fourth-order valence-corrected chi connectivity index (χ4v) is 4.51. The lowest BCUT2D eigenvalue weighted by atomic mass is 10.1. The van der Waals surface area contributed by atoms with Crippen LogP contribution in [0.1, 0.15) is 12.8 Å². The molecule has 0 aromatic heterocycles. The predicted molar refractivity (Wildman–Crippen MR) is 79.7 cm³/mol. The van der Waals surface area contributed by atoms with Crippen molar-refractivity contribution in [3.8, 4) is 5.75 Å². The lowest BCUT2D eigenvalue weighted by Gasteiger charge is -2.25. The molecule has 1 aliphatic rings. The van der Waals surface area contributed by atoms with Gasteiger partial charge in [-0.05, 0) is 31.0 Å². The van der Waals surface area contributed by atoms with Gasteiger partial charge in [0.2, 0.25) is 10.0 Å². The van der Waals surface area contributed by atoms with E-state index in [1.807, 2.05) is 0 Å². The molecule has 0 aliphatic carbocycles. The van der Waals surface area contributed by atoms with Crippen molar-refractivity contribution in [1.29, 1.82) is 0 Å². The van der Waals surface area contributed by atoms with Gasteiger partial charge in [-0.3, -0.25) is 0 Å². The Morgan fingerprint density at radius 1 is 1.38 bits per heavy atom. The summed E-state index contributed by atoms with van der Waals surface area (Å²) in [5.41, 5.74) is 0.422. The Labute approximate surface area is 124 Å². The molecule has 0 amide bonds. The van der Waals surface area contributed by atoms with Crippen molar-refractivity contribution in [2.45, 2.75) is 23.8 Å². The minimum atomic E-state index is -3.83. The van der Waals surface area contributed by atoms with E-state index < -0.39 is 19.9 Å². The second kappa shape index (κ2) is 5.82. The minimum Gasteiger partial charge on any atom is -0.495 e. The number of sulfonamides is 1. The third-order valence-corrected chi connectivity index (χ3v) is 6.05. The summed E-state index contributed by atoms with van der Waals surface area (Å²) >= 11 is 0. The van der Waals surface area contributed by atoms with E-state index in [4.69, 9.17) is 9.88 Å². The maximum absolute atomic E-state index is 11.6. The van der Waals surface area contributed by atoms with E-state index in [-0.39, 0.29) is 22.4 Å². The number of nitrogens with one attached hydrogen (secondary N) is 1. The van der Waals surface area contributed by atoms with Crippen LogP contribution in [0.25, 0.3) is 0 Å². The molecular weight excluding hydrogens is 316 g/mol. The summed E-state index contributed by atoms with van der Waals surface area (Å²) in [4.78, 5) is -0.0514. The van der Waals surface area contributed by atoms with E-state index in [9.17, 15) is 16.8 Å². The molecule has 1 aromatic carbocycles. The van der Waals surface area contributed by atoms with Crippen LogP contribution in [0, 0.1) is 0 Å². The fraction of sp³-hybridized carbons (Fsp3) is 0.500. The van der Waals surface area contributed by atoms with Crippen LogP contribution >= 0.6 is 0 Å². The van der Waals surface area contributed by atoms with E-state index in [0.29, 0.717) is 24.3 Å². The van der Waals surface area contributed by atoms with Gasteiger partial charge < -0.3 is 10.1 Å². The van der Waals surface area contributed by atoms with Crippen LogP contribution in [0.4, 0.5) is 5.69 Å². The van der Waals surface area contributed by atoms with Crippen molar-refractivity contribution < 1.29 is 21.6 Å². The molecule has 1 aliphatic heterocycles. The van der Waals surface area contributed by atoms with Crippen LogP contribution in [-0.4, -0.2) is 41.5 Å². The number of nitrogens with two attached hydrogens (primary N) is 1. The van der Waals surface area contributed by atoms with Crippen LogP contribution < -0.4 is 15.2 Å². The third-order valence-electron chi connectivity index (χ3n) is 3.32. The SMILES string of the molecule is COc1ccc(S(N)(=O)=O)cc1NC1CCCS(=O)(=O)C1. The lowest BCUT2D eigenvalue weighted by molar-refractivity contribution is 0.415. The van der Waals surface area contributed by atoms with E-state index in [1.54, 1.807) is 0 Å². The number of rotatable bonds is 4. The standard InChI is InChI=1S/C12H18N2O5S2/c1-19-12-5-4-10(21(13,17)18)7-11(12)14-9-3-2-6-20(15,16)8-9/h4-5,7,9,14H,2-3,6,8H2,1H3,(H2,13,17,18). The van der Waals surface area contributed by atoms with E-state index in [0.717, 1.165) is 0 Å². The molecule has 1 heterocycles.